The summed E-state index contributed by atoms with van der Waals surface area (Å²) in [6, 6.07) is 4.04. The number of carboxylic acid groups (broad SMARTS) is 1. The van der Waals surface area contributed by atoms with Crippen LogP contribution in [0.25, 0.3) is 0 Å². The number of aliphatic imine (C=N–C) groups is 2. The fourth-order valence-electron chi connectivity index (χ4n) is 2.62. The van der Waals surface area contributed by atoms with Gasteiger partial charge in [-0.3, -0.25) is 0 Å². The molecule has 0 spiro atoms. The number of amides is 1. The minimum absolute atomic E-state index is 0.533. The van der Waals surface area contributed by atoms with Crippen LogP contribution in [0, 0.1) is 0 Å². The van der Waals surface area contributed by atoms with Crippen LogP contribution in [0.5, 0.6) is 0 Å². The number of nitrogens with two attached hydrogens (primary N) is 1. The summed E-state index contributed by atoms with van der Waals surface area (Å²) in [6.45, 7) is 0. The van der Waals surface area contributed by atoms with Gasteiger partial charge in [0, 0.05) is 0 Å². The zero-order valence-corrected chi connectivity index (χ0v) is 11.6. The number of primary amides is 1. The summed E-state index contributed by atoms with van der Waals surface area (Å²) >= 11 is 0. The van der Waals surface area contributed by atoms with Crippen molar-refractivity contribution < 1.29 is 9.90 Å². The second-order valence-corrected chi connectivity index (χ2v) is 5.28. The first-order chi connectivity index (χ1) is 9.18. The highest BCUT2D eigenvalue weighted by Crippen LogP contribution is 2.21. The first-order valence-corrected chi connectivity index (χ1v) is 7.31. The lowest BCUT2D eigenvalue weighted by Gasteiger charge is -2.17. The van der Waals surface area contributed by atoms with E-state index in [1.807, 2.05) is 0 Å². The van der Waals surface area contributed by atoms with Crippen molar-refractivity contribution in [2.45, 2.75) is 76.3 Å². The molecule has 2 rings (SSSR count). The predicted molar refractivity (Wildman–Crippen MR) is 75.8 cm³/mol. The maximum atomic E-state index is 8.78. The highest BCUT2D eigenvalue weighted by molar-refractivity contribution is 5.61. The summed E-state index contributed by atoms with van der Waals surface area (Å²) in [5.74, 6) is 0. The van der Waals surface area contributed by atoms with E-state index in [1.54, 1.807) is 0 Å². The van der Waals surface area contributed by atoms with Crippen LogP contribution in [0.15, 0.2) is 9.98 Å². The monoisotopic (exact) mass is 267 g/mol. The molecule has 0 unspecified atom stereocenters. The molecule has 19 heavy (non-hydrogen) atoms. The first kappa shape index (κ1) is 15.7. The predicted octanol–water partition coefficient (Wildman–Crippen LogP) is 3.45. The third kappa shape index (κ3) is 8.38. The van der Waals surface area contributed by atoms with E-state index in [2.05, 4.69) is 21.7 Å². The van der Waals surface area contributed by atoms with Gasteiger partial charge < -0.3 is 10.8 Å². The SMILES string of the molecule is C(=NC1CCCCC1)=NC1CCCCC1.NC(=O)O. The van der Waals surface area contributed by atoms with Crippen molar-refractivity contribution in [2.24, 2.45) is 15.7 Å². The largest absolute Gasteiger partial charge is 0.465 e. The zero-order chi connectivity index (χ0) is 13.9. The maximum Gasteiger partial charge on any atom is 0.402 e. The van der Waals surface area contributed by atoms with Gasteiger partial charge in [-0.1, -0.05) is 38.5 Å². The standard InChI is InChI=1S/C13H22N2.CH3NO2/c1-3-7-12(8-4-1)14-11-15-13-9-5-2-6-10-13;2-1(3)4/h12-13H,1-10H2;2H2,(H,3,4). The summed E-state index contributed by atoms with van der Waals surface area (Å²) < 4.78 is 0. The second-order valence-electron chi connectivity index (χ2n) is 5.28. The molecule has 0 radical (unpaired) electrons. The van der Waals surface area contributed by atoms with E-state index in [4.69, 9.17) is 9.90 Å². The topological polar surface area (TPSA) is 88.0 Å². The minimum Gasteiger partial charge on any atom is -0.465 e. The van der Waals surface area contributed by atoms with Crippen LogP contribution in [0.1, 0.15) is 64.2 Å². The first-order valence-electron chi connectivity index (χ1n) is 7.31. The third-order valence-corrected chi connectivity index (χ3v) is 3.63. The van der Waals surface area contributed by atoms with Crippen molar-refractivity contribution in [1.29, 1.82) is 0 Å². The third-order valence-electron chi connectivity index (χ3n) is 3.63. The Morgan fingerprint density at radius 2 is 1.21 bits per heavy atom. The average Bonchev–Trinajstić information content (AvgIpc) is 2.41. The Bertz CT molecular complexity index is 287. The Hall–Kier alpha value is -1.35. The van der Waals surface area contributed by atoms with Crippen molar-refractivity contribution in [2.75, 3.05) is 0 Å². The van der Waals surface area contributed by atoms with Crippen molar-refractivity contribution in [1.82, 2.24) is 0 Å². The molecule has 5 heteroatoms. The summed E-state index contributed by atoms with van der Waals surface area (Å²) in [4.78, 5) is 17.7. The molecule has 0 aromatic rings. The summed E-state index contributed by atoms with van der Waals surface area (Å²) in [5.41, 5.74) is 4.03. The lowest BCUT2D eigenvalue weighted by atomic mass is 9.96. The van der Waals surface area contributed by atoms with Gasteiger partial charge in [0.15, 0.2) is 0 Å². The summed E-state index contributed by atoms with van der Waals surface area (Å²) in [7, 11) is 0. The molecule has 1 amide bonds. The minimum atomic E-state index is -1.33. The van der Waals surface area contributed by atoms with E-state index in [1.165, 1.54) is 64.2 Å². The Labute approximate surface area is 115 Å². The lowest BCUT2D eigenvalue weighted by molar-refractivity contribution is 0.205. The van der Waals surface area contributed by atoms with Crippen LogP contribution >= 0.6 is 0 Å². The smallest absolute Gasteiger partial charge is 0.402 e. The molecule has 2 saturated carbocycles. The van der Waals surface area contributed by atoms with Gasteiger partial charge in [0.1, 0.15) is 0 Å². The zero-order valence-electron chi connectivity index (χ0n) is 11.6. The molecule has 0 bridgehead atoms. The van der Waals surface area contributed by atoms with Crippen LogP contribution in [0.4, 0.5) is 4.79 Å². The van der Waals surface area contributed by atoms with Gasteiger partial charge in [-0.15, -0.1) is 0 Å². The Kier molecular flexibility index (Phi) is 7.91. The van der Waals surface area contributed by atoms with Crippen LogP contribution < -0.4 is 5.73 Å². The van der Waals surface area contributed by atoms with Crippen molar-refractivity contribution in [3.63, 3.8) is 0 Å². The molecule has 0 saturated heterocycles. The number of hydrogen-bond donors (Lipinski definition) is 2. The highest BCUT2D eigenvalue weighted by Gasteiger charge is 2.12. The molecule has 0 atom stereocenters. The molecule has 0 heterocycles. The Balaban J connectivity index is 0.000000399. The summed E-state index contributed by atoms with van der Waals surface area (Å²) in [6.07, 6.45) is 11.9. The van der Waals surface area contributed by atoms with E-state index >= 15 is 0 Å². The van der Waals surface area contributed by atoms with E-state index < -0.39 is 6.09 Å². The van der Waals surface area contributed by atoms with Crippen LogP contribution in [0.2, 0.25) is 0 Å². The highest BCUT2D eigenvalue weighted by atomic mass is 16.4. The molecule has 2 aliphatic rings. The van der Waals surface area contributed by atoms with Crippen LogP contribution in [-0.4, -0.2) is 29.3 Å². The van der Waals surface area contributed by atoms with Crippen molar-refractivity contribution in [3.8, 4) is 0 Å². The molecular weight excluding hydrogens is 242 g/mol. The van der Waals surface area contributed by atoms with Crippen molar-refractivity contribution in [3.05, 3.63) is 0 Å². The van der Waals surface area contributed by atoms with Gasteiger partial charge in [0.05, 0.1) is 18.1 Å². The molecule has 0 aromatic carbocycles. The van der Waals surface area contributed by atoms with Gasteiger partial charge in [-0.05, 0) is 25.7 Å². The molecule has 0 aromatic heterocycles. The van der Waals surface area contributed by atoms with E-state index in [0.29, 0.717) is 12.1 Å². The molecule has 0 aliphatic heterocycles. The lowest BCUT2D eigenvalue weighted by Crippen LogP contribution is -2.10. The second kappa shape index (κ2) is 9.56. The average molecular weight is 267 g/mol. The normalized spacial score (nSPS) is 20.6. The molecule has 108 valence electrons. The van der Waals surface area contributed by atoms with Gasteiger partial charge in [-0.25, -0.2) is 14.8 Å². The molecular formula is C14H25N3O2. The number of nitrogens with zero attached hydrogens (tertiary/aromatic N) is 2. The van der Waals surface area contributed by atoms with E-state index in [9.17, 15) is 0 Å². The fourth-order valence-corrected chi connectivity index (χ4v) is 2.62. The quantitative estimate of drug-likeness (QED) is 0.750. The van der Waals surface area contributed by atoms with Gasteiger partial charge in [0.25, 0.3) is 0 Å². The molecule has 5 nitrogen and oxygen atoms in total. The number of hydrogen-bond acceptors (Lipinski definition) is 3. The van der Waals surface area contributed by atoms with Crippen LogP contribution in [-0.2, 0) is 0 Å². The fraction of sp³-hybridized carbons (Fsp3) is 0.857. The maximum absolute atomic E-state index is 8.78. The molecule has 2 aliphatic carbocycles. The Morgan fingerprint density at radius 3 is 1.53 bits per heavy atom. The molecule has 2 fully saturated rings. The van der Waals surface area contributed by atoms with Gasteiger partial charge in [0.2, 0.25) is 0 Å². The number of rotatable bonds is 2. The van der Waals surface area contributed by atoms with Crippen LogP contribution in [0.3, 0.4) is 0 Å². The van der Waals surface area contributed by atoms with E-state index in [-0.39, 0.29) is 0 Å². The number of carbonyl (C=O) groups is 1. The van der Waals surface area contributed by atoms with Gasteiger partial charge >= 0.3 is 6.09 Å². The van der Waals surface area contributed by atoms with Crippen molar-refractivity contribution >= 4 is 12.1 Å². The summed E-state index contributed by atoms with van der Waals surface area (Å²) in [5, 5.41) is 7.19. The van der Waals surface area contributed by atoms with E-state index in [0.717, 1.165) is 0 Å². The van der Waals surface area contributed by atoms with Gasteiger partial charge in [-0.2, -0.15) is 0 Å². The molecule has 3 N–H and O–H groups in total. The Morgan fingerprint density at radius 1 is 0.895 bits per heavy atom.